The van der Waals surface area contributed by atoms with Gasteiger partial charge in [0.25, 0.3) is 0 Å². The molecule has 4 heteroatoms. The molecule has 0 saturated heterocycles. The molecule has 3 aromatic rings. The molecule has 0 unspecified atom stereocenters. The van der Waals surface area contributed by atoms with Gasteiger partial charge in [-0.2, -0.15) is 5.10 Å². The van der Waals surface area contributed by atoms with Gasteiger partial charge in [-0.05, 0) is 48.9 Å². The highest BCUT2D eigenvalue weighted by Gasteiger charge is 2.06. The number of aromatic nitrogens is 3. The third kappa shape index (κ3) is 3.53. The summed E-state index contributed by atoms with van der Waals surface area (Å²) >= 11 is 0. The molecule has 0 radical (unpaired) electrons. The predicted octanol–water partition coefficient (Wildman–Crippen LogP) is 3.61. The number of aryl methyl sites for hydroxylation is 2. The molecule has 2 heterocycles. The van der Waals surface area contributed by atoms with Crippen LogP contribution < -0.4 is 5.32 Å². The largest absolute Gasteiger partial charge is 0.354 e. The summed E-state index contributed by atoms with van der Waals surface area (Å²) in [5.41, 5.74) is 5.75. The minimum atomic E-state index is 0.812. The maximum Gasteiger partial charge on any atom is 0.0835 e. The minimum absolute atomic E-state index is 0.812. The summed E-state index contributed by atoms with van der Waals surface area (Å²) in [6.45, 7) is 6.14. The van der Waals surface area contributed by atoms with E-state index in [9.17, 15) is 0 Å². The second-order valence-corrected chi connectivity index (χ2v) is 5.47. The average Bonchev–Trinajstić information content (AvgIpc) is 3.02. The number of pyridine rings is 1. The van der Waals surface area contributed by atoms with Crippen molar-refractivity contribution in [1.29, 1.82) is 0 Å². The van der Waals surface area contributed by atoms with Crippen molar-refractivity contribution < 1.29 is 0 Å². The lowest BCUT2D eigenvalue weighted by atomic mass is 10.1. The van der Waals surface area contributed by atoms with Crippen molar-refractivity contribution >= 4 is 11.4 Å². The van der Waals surface area contributed by atoms with Gasteiger partial charge in [0.15, 0.2) is 0 Å². The monoisotopic (exact) mass is 314 g/mol. The SMILES string of the molecule is C=C(Nc1ccc(C#Cc2cccnc2)cc1C)c1ccnn1C. The van der Waals surface area contributed by atoms with Gasteiger partial charge in [0, 0.05) is 42.5 Å². The van der Waals surface area contributed by atoms with Gasteiger partial charge < -0.3 is 5.32 Å². The molecular formula is C20H18N4. The van der Waals surface area contributed by atoms with Crippen LogP contribution in [0.25, 0.3) is 5.70 Å². The minimum Gasteiger partial charge on any atom is -0.354 e. The van der Waals surface area contributed by atoms with Crippen LogP contribution in [0.15, 0.2) is 61.6 Å². The number of hydrogen-bond donors (Lipinski definition) is 1. The molecule has 0 fully saturated rings. The highest BCUT2D eigenvalue weighted by atomic mass is 15.3. The number of anilines is 1. The van der Waals surface area contributed by atoms with Gasteiger partial charge in [-0.3, -0.25) is 9.67 Å². The molecule has 0 aliphatic rings. The van der Waals surface area contributed by atoms with Crippen LogP contribution in [0.5, 0.6) is 0 Å². The number of nitrogens with one attached hydrogen (secondary N) is 1. The third-order valence-corrected chi connectivity index (χ3v) is 3.65. The normalized spacial score (nSPS) is 9.92. The van der Waals surface area contributed by atoms with Gasteiger partial charge in [0.2, 0.25) is 0 Å². The predicted molar refractivity (Wildman–Crippen MR) is 97.3 cm³/mol. The van der Waals surface area contributed by atoms with E-state index in [0.717, 1.165) is 33.8 Å². The first-order valence-electron chi connectivity index (χ1n) is 7.60. The Bertz CT molecular complexity index is 927. The summed E-state index contributed by atoms with van der Waals surface area (Å²) < 4.78 is 1.79. The Morgan fingerprint density at radius 1 is 1.12 bits per heavy atom. The van der Waals surface area contributed by atoms with Crippen LogP contribution in [-0.2, 0) is 7.05 Å². The van der Waals surface area contributed by atoms with E-state index in [0.29, 0.717) is 0 Å². The lowest BCUT2D eigenvalue weighted by Gasteiger charge is -2.12. The number of hydrogen-bond acceptors (Lipinski definition) is 3. The van der Waals surface area contributed by atoms with Gasteiger partial charge in [-0.15, -0.1) is 0 Å². The summed E-state index contributed by atoms with van der Waals surface area (Å²) in [7, 11) is 1.90. The van der Waals surface area contributed by atoms with Gasteiger partial charge in [0.1, 0.15) is 0 Å². The zero-order valence-corrected chi connectivity index (χ0v) is 13.7. The van der Waals surface area contributed by atoms with E-state index >= 15 is 0 Å². The number of rotatable bonds is 3. The second-order valence-electron chi connectivity index (χ2n) is 5.47. The van der Waals surface area contributed by atoms with E-state index in [1.807, 2.05) is 44.3 Å². The molecule has 0 atom stereocenters. The van der Waals surface area contributed by atoms with Crippen molar-refractivity contribution in [2.24, 2.45) is 7.05 Å². The lowest BCUT2D eigenvalue weighted by molar-refractivity contribution is 0.756. The van der Waals surface area contributed by atoms with Crippen LogP contribution >= 0.6 is 0 Å². The van der Waals surface area contributed by atoms with Gasteiger partial charge in [0.05, 0.1) is 11.4 Å². The van der Waals surface area contributed by atoms with Crippen LogP contribution in [0.1, 0.15) is 22.4 Å². The van der Waals surface area contributed by atoms with Crippen LogP contribution in [0, 0.1) is 18.8 Å². The van der Waals surface area contributed by atoms with E-state index in [1.54, 1.807) is 23.3 Å². The summed E-state index contributed by atoms with van der Waals surface area (Å²) in [6, 6.07) is 11.8. The van der Waals surface area contributed by atoms with Crippen molar-refractivity contribution in [2.75, 3.05) is 5.32 Å². The van der Waals surface area contributed by atoms with Crippen molar-refractivity contribution in [3.05, 3.63) is 84.0 Å². The van der Waals surface area contributed by atoms with Crippen molar-refractivity contribution in [3.8, 4) is 11.8 Å². The van der Waals surface area contributed by atoms with Gasteiger partial charge in [-0.25, -0.2) is 0 Å². The molecule has 0 spiro atoms. The molecule has 0 saturated carbocycles. The smallest absolute Gasteiger partial charge is 0.0835 e. The fraction of sp³-hybridized carbons (Fsp3) is 0.100. The zero-order valence-electron chi connectivity index (χ0n) is 13.7. The summed E-state index contributed by atoms with van der Waals surface area (Å²) in [5.74, 6) is 6.28. The average molecular weight is 314 g/mol. The van der Waals surface area contributed by atoms with E-state index in [-0.39, 0.29) is 0 Å². The second kappa shape index (κ2) is 6.84. The molecule has 2 aromatic heterocycles. The first kappa shape index (κ1) is 15.6. The highest BCUT2D eigenvalue weighted by Crippen LogP contribution is 2.21. The Morgan fingerprint density at radius 3 is 2.62 bits per heavy atom. The van der Waals surface area contributed by atoms with E-state index < -0.39 is 0 Å². The molecule has 1 aromatic carbocycles. The Balaban J connectivity index is 1.77. The first-order valence-corrected chi connectivity index (χ1v) is 7.60. The summed E-state index contributed by atoms with van der Waals surface area (Å²) in [4.78, 5) is 4.06. The fourth-order valence-electron chi connectivity index (χ4n) is 2.36. The Kier molecular flexibility index (Phi) is 4.44. The number of nitrogens with zero attached hydrogens (tertiary/aromatic N) is 3. The quantitative estimate of drug-likeness (QED) is 0.751. The Hall–Kier alpha value is -3.32. The maximum absolute atomic E-state index is 4.16. The van der Waals surface area contributed by atoms with Crippen LogP contribution in [0.2, 0.25) is 0 Å². The maximum atomic E-state index is 4.16. The molecule has 3 rings (SSSR count). The van der Waals surface area contributed by atoms with Crippen molar-refractivity contribution in [3.63, 3.8) is 0 Å². The van der Waals surface area contributed by atoms with Crippen molar-refractivity contribution in [1.82, 2.24) is 14.8 Å². The summed E-state index contributed by atoms with van der Waals surface area (Å²) in [5, 5.41) is 7.50. The fourth-order valence-corrected chi connectivity index (χ4v) is 2.36. The lowest BCUT2D eigenvalue weighted by Crippen LogP contribution is -2.04. The van der Waals surface area contributed by atoms with Crippen LogP contribution in [0.4, 0.5) is 5.69 Å². The van der Waals surface area contributed by atoms with Crippen molar-refractivity contribution in [2.45, 2.75) is 6.92 Å². The van der Waals surface area contributed by atoms with Gasteiger partial charge in [-0.1, -0.05) is 18.4 Å². The molecule has 4 nitrogen and oxygen atoms in total. The summed E-state index contributed by atoms with van der Waals surface area (Å²) in [6.07, 6.45) is 5.25. The van der Waals surface area contributed by atoms with E-state index in [2.05, 4.69) is 39.9 Å². The number of benzene rings is 1. The standard InChI is InChI=1S/C20H18N4/c1-15-13-17(6-7-18-5-4-11-21-14-18)8-9-19(15)23-16(2)20-10-12-22-24(20)3/h4-5,8-14,23H,2H2,1,3H3. The molecule has 0 bridgehead atoms. The third-order valence-electron chi connectivity index (χ3n) is 3.65. The molecule has 24 heavy (non-hydrogen) atoms. The van der Waals surface area contributed by atoms with E-state index in [4.69, 9.17) is 0 Å². The molecule has 0 amide bonds. The van der Waals surface area contributed by atoms with Crippen LogP contribution in [0.3, 0.4) is 0 Å². The molecule has 1 N–H and O–H groups in total. The first-order chi connectivity index (χ1) is 11.6. The highest BCUT2D eigenvalue weighted by molar-refractivity contribution is 5.75. The molecular weight excluding hydrogens is 296 g/mol. The molecule has 0 aliphatic heterocycles. The Morgan fingerprint density at radius 2 is 1.96 bits per heavy atom. The topological polar surface area (TPSA) is 42.7 Å². The molecule has 0 aliphatic carbocycles. The molecule has 118 valence electrons. The Labute approximate surface area is 141 Å². The van der Waals surface area contributed by atoms with Gasteiger partial charge >= 0.3 is 0 Å². The zero-order chi connectivity index (χ0) is 16.9. The van der Waals surface area contributed by atoms with E-state index in [1.165, 1.54) is 0 Å². The van der Waals surface area contributed by atoms with Crippen LogP contribution in [-0.4, -0.2) is 14.8 Å².